The van der Waals surface area contributed by atoms with E-state index in [-0.39, 0.29) is 6.04 Å². The van der Waals surface area contributed by atoms with Crippen LogP contribution in [0.3, 0.4) is 0 Å². The van der Waals surface area contributed by atoms with Gasteiger partial charge in [-0.25, -0.2) is 0 Å². The minimum atomic E-state index is 0.228. The van der Waals surface area contributed by atoms with Crippen LogP contribution in [0.15, 0.2) is 18.2 Å². The second-order valence-electron chi connectivity index (χ2n) is 4.18. The van der Waals surface area contributed by atoms with Crippen LogP contribution in [-0.2, 0) is 4.74 Å². The highest BCUT2D eigenvalue weighted by Gasteiger charge is 2.14. The predicted octanol–water partition coefficient (Wildman–Crippen LogP) is 3.01. The van der Waals surface area contributed by atoms with Gasteiger partial charge in [0.05, 0.1) is 24.0 Å². The molecule has 1 rings (SSSR count). The largest absolute Gasteiger partial charge is 0.397 e. The molecule has 0 aliphatic carbocycles. The van der Waals surface area contributed by atoms with Gasteiger partial charge in [0.2, 0.25) is 0 Å². The van der Waals surface area contributed by atoms with E-state index in [1.165, 1.54) is 0 Å². The van der Waals surface area contributed by atoms with Gasteiger partial charge in [-0.05, 0) is 24.1 Å². The molecule has 90 valence electrons. The Hall–Kier alpha value is -0.930. The fraction of sp³-hybridized carbons (Fsp3) is 0.500. The van der Waals surface area contributed by atoms with Crippen molar-refractivity contribution >= 4 is 23.0 Å². The Labute approximate surface area is 102 Å². The maximum absolute atomic E-state index is 5.93. The SMILES string of the molecule is COCC(Nc1cc(Cl)ccc1N)C(C)C. The average molecular weight is 243 g/mol. The number of nitrogens with two attached hydrogens (primary N) is 1. The number of ether oxygens (including phenoxy) is 1. The van der Waals surface area contributed by atoms with Crippen LogP contribution in [0.5, 0.6) is 0 Å². The molecule has 0 saturated heterocycles. The third-order valence-electron chi connectivity index (χ3n) is 2.51. The molecule has 0 radical (unpaired) electrons. The molecule has 1 aromatic carbocycles. The molecule has 0 aliphatic heterocycles. The van der Waals surface area contributed by atoms with E-state index in [2.05, 4.69) is 19.2 Å². The molecule has 16 heavy (non-hydrogen) atoms. The first-order chi connectivity index (χ1) is 7.54. The Kier molecular flexibility index (Phi) is 4.90. The van der Waals surface area contributed by atoms with Gasteiger partial charge in [0.15, 0.2) is 0 Å². The van der Waals surface area contributed by atoms with Gasteiger partial charge >= 0.3 is 0 Å². The van der Waals surface area contributed by atoms with Crippen molar-refractivity contribution in [2.75, 3.05) is 24.8 Å². The van der Waals surface area contributed by atoms with Crippen molar-refractivity contribution < 1.29 is 4.74 Å². The zero-order valence-electron chi connectivity index (χ0n) is 9.96. The van der Waals surface area contributed by atoms with Crippen LogP contribution in [0.4, 0.5) is 11.4 Å². The molecule has 1 aromatic rings. The Balaban J connectivity index is 2.80. The molecule has 1 unspecified atom stereocenters. The van der Waals surface area contributed by atoms with Gasteiger partial charge in [-0.2, -0.15) is 0 Å². The van der Waals surface area contributed by atoms with Gasteiger partial charge < -0.3 is 15.8 Å². The summed E-state index contributed by atoms with van der Waals surface area (Å²) in [6, 6.07) is 5.64. The zero-order valence-corrected chi connectivity index (χ0v) is 10.7. The Morgan fingerprint density at radius 3 is 2.69 bits per heavy atom. The second-order valence-corrected chi connectivity index (χ2v) is 4.62. The van der Waals surface area contributed by atoms with Crippen molar-refractivity contribution in [3.8, 4) is 0 Å². The summed E-state index contributed by atoms with van der Waals surface area (Å²) in [7, 11) is 1.69. The monoisotopic (exact) mass is 242 g/mol. The molecule has 0 saturated carbocycles. The molecule has 4 heteroatoms. The van der Waals surface area contributed by atoms with E-state index in [9.17, 15) is 0 Å². The van der Waals surface area contributed by atoms with Gasteiger partial charge in [0.1, 0.15) is 0 Å². The lowest BCUT2D eigenvalue weighted by Gasteiger charge is -2.23. The summed E-state index contributed by atoms with van der Waals surface area (Å²) in [4.78, 5) is 0. The topological polar surface area (TPSA) is 47.3 Å². The van der Waals surface area contributed by atoms with E-state index < -0.39 is 0 Å². The highest BCUT2D eigenvalue weighted by molar-refractivity contribution is 6.31. The lowest BCUT2D eigenvalue weighted by atomic mass is 10.0. The normalized spacial score (nSPS) is 12.8. The van der Waals surface area contributed by atoms with Crippen molar-refractivity contribution in [3.63, 3.8) is 0 Å². The van der Waals surface area contributed by atoms with Gasteiger partial charge in [0.25, 0.3) is 0 Å². The fourth-order valence-electron chi connectivity index (χ4n) is 1.43. The van der Waals surface area contributed by atoms with E-state index in [4.69, 9.17) is 22.1 Å². The van der Waals surface area contributed by atoms with Crippen molar-refractivity contribution in [1.82, 2.24) is 0 Å². The molecule has 0 spiro atoms. The number of hydrogen-bond donors (Lipinski definition) is 2. The molecule has 0 bridgehead atoms. The smallest absolute Gasteiger partial charge is 0.0666 e. The minimum Gasteiger partial charge on any atom is -0.397 e. The summed E-state index contributed by atoms with van der Waals surface area (Å²) in [5.74, 6) is 0.457. The molecule has 0 fully saturated rings. The quantitative estimate of drug-likeness (QED) is 0.781. The third kappa shape index (κ3) is 3.58. The maximum atomic E-state index is 5.93. The van der Waals surface area contributed by atoms with Crippen molar-refractivity contribution in [1.29, 1.82) is 0 Å². The lowest BCUT2D eigenvalue weighted by Crippen LogP contribution is -2.30. The van der Waals surface area contributed by atoms with E-state index >= 15 is 0 Å². The highest BCUT2D eigenvalue weighted by Crippen LogP contribution is 2.24. The summed E-state index contributed by atoms with van der Waals surface area (Å²) in [6.45, 7) is 4.92. The molecular weight excluding hydrogens is 224 g/mol. The predicted molar refractivity (Wildman–Crippen MR) is 70.0 cm³/mol. The van der Waals surface area contributed by atoms with Crippen molar-refractivity contribution in [2.45, 2.75) is 19.9 Å². The fourth-order valence-corrected chi connectivity index (χ4v) is 1.61. The number of rotatable bonds is 5. The lowest BCUT2D eigenvalue weighted by molar-refractivity contribution is 0.171. The summed E-state index contributed by atoms with van der Waals surface area (Å²) < 4.78 is 5.17. The Bertz CT molecular complexity index is 342. The van der Waals surface area contributed by atoms with Gasteiger partial charge in [-0.15, -0.1) is 0 Å². The highest BCUT2D eigenvalue weighted by atomic mass is 35.5. The molecule has 0 aromatic heterocycles. The van der Waals surface area contributed by atoms with Crippen molar-refractivity contribution in [2.24, 2.45) is 5.92 Å². The molecule has 0 aliphatic rings. The number of anilines is 2. The van der Waals surface area contributed by atoms with Gasteiger partial charge in [-0.3, -0.25) is 0 Å². The van der Waals surface area contributed by atoms with Gasteiger partial charge in [-0.1, -0.05) is 25.4 Å². The molecule has 3 N–H and O–H groups in total. The summed E-state index contributed by atoms with van der Waals surface area (Å²) in [5, 5.41) is 4.03. The van der Waals surface area contributed by atoms with Crippen LogP contribution in [-0.4, -0.2) is 19.8 Å². The van der Waals surface area contributed by atoms with E-state index in [1.807, 2.05) is 6.07 Å². The van der Waals surface area contributed by atoms with Crippen molar-refractivity contribution in [3.05, 3.63) is 23.2 Å². The minimum absolute atomic E-state index is 0.228. The van der Waals surface area contributed by atoms with Crippen LogP contribution in [0.1, 0.15) is 13.8 Å². The molecule has 3 nitrogen and oxygen atoms in total. The maximum Gasteiger partial charge on any atom is 0.0666 e. The van der Waals surface area contributed by atoms with E-state index in [1.54, 1.807) is 19.2 Å². The van der Waals surface area contributed by atoms with Crippen LogP contribution in [0.2, 0.25) is 5.02 Å². The first kappa shape index (κ1) is 13.1. The number of halogens is 1. The van der Waals surface area contributed by atoms with Gasteiger partial charge in [0, 0.05) is 12.1 Å². The van der Waals surface area contributed by atoms with Crippen LogP contribution < -0.4 is 11.1 Å². The standard InChI is InChI=1S/C12H19ClN2O/c1-8(2)12(7-16-3)15-11-6-9(13)4-5-10(11)14/h4-6,8,12,15H,7,14H2,1-3H3. The summed E-state index contributed by atoms with van der Waals surface area (Å²) in [5.41, 5.74) is 7.44. The zero-order chi connectivity index (χ0) is 12.1. The number of benzene rings is 1. The summed E-state index contributed by atoms with van der Waals surface area (Å²) >= 11 is 5.93. The molecule has 0 heterocycles. The summed E-state index contributed by atoms with van der Waals surface area (Å²) in [6.07, 6.45) is 0. The third-order valence-corrected chi connectivity index (χ3v) is 2.74. The molecule has 1 atom stereocenters. The van der Waals surface area contributed by atoms with Crippen LogP contribution in [0, 0.1) is 5.92 Å². The Morgan fingerprint density at radius 2 is 2.12 bits per heavy atom. The number of nitrogen functional groups attached to an aromatic ring is 1. The molecular formula is C12H19ClN2O. The van der Waals surface area contributed by atoms with E-state index in [0.717, 1.165) is 5.69 Å². The second kappa shape index (κ2) is 5.97. The van der Waals surface area contributed by atoms with Crippen LogP contribution >= 0.6 is 11.6 Å². The average Bonchev–Trinajstić information content (AvgIpc) is 2.22. The molecule has 0 amide bonds. The van der Waals surface area contributed by atoms with E-state index in [0.29, 0.717) is 23.2 Å². The van der Waals surface area contributed by atoms with Crippen LogP contribution in [0.25, 0.3) is 0 Å². The number of methoxy groups -OCH3 is 1. The Morgan fingerprint density at radius 1 is 1.44 bits per heavy atom. The first-order valence-corrected chi connectivity index (χ1v) is 5.73. The number of nitrogens with one attached hydrogen (secondary N) is 1. The number of hydrogen-bond acceptors (Lipinski definition) is 3. The first-order valence-electron chi connectivity index (χ1n) is 5.35.